The molecule has 2 aliphatic heterocycles. The molecular formula is C27H35N3O2. The van der Waals surface area contributed by atoms with Crippen molar-refractivity contribution in [2.24, 2.45) is 11.8 Å². The highest BCUT2D eigenvalue weighted by atomic mass is 16.6. The zero-order valence-corrected chi connectivity index (χ0v) is 19.4. The molecule has 3 fully saturated rings. The summed E-state index contributed by atoms with van der Waals surface area (Å²) in [7, 11) is 0. The molecule has 5 heteroatoms. The summed E-state index contributed by atoms with van der Waals surface area (Å²) < 4.78 is 5.72. The smallest absolute Gasteiger partial charge is 0.410 e. The summed E-state index contributed by atoms with van der Waals surface area (Å²) in [5.74, 6) is 0.699. The van der Waals surface area contributed by atoms with Gasteiger partial charge in [0.05, 0.1) is 17.7 Å². The van der Waals surface area contributed by atoms with E-state index < -0.39 is 5.60 Å². The Hall–Kier alpha value is -2.37. The first-order valence-corrected chi connectivity index (χ1v) is 12.0. The minimum atomic E-state index is -0.470. The second kappa shape index (κ2) is 8.20. The fourth-order valence-electron chi connectivity index (χ4n) is 6.02. The molecule has 5 nitrogen and oxygen atoms in total. The minimum Gasteiger partial charge on any atom is -0.444 e. The van der Waals surface area contributed by atoms with Crippen LogP contribution in [0.2, 0.25) is 0 Å². The van der Waals surface area contributed by atoms with Gasteiger partial charge in [-0.1, -0.05) is 67.1 Å². The van der Waals surface area contributed by atoms with Crippen LogP contribution in [0.25, 0.3) is 0 Å². The van der Waals surface area contributed by atoms with Gasteiger partial charge in [-0.25, -0.2) is 4.79 Å². The largest absolute Gasteiger partial charge is 0.444 e. The molecule has 1 aliphatic carbocycles. The summed E-state index contributed by atoms with van der Waals surface area (Å²) in [6.07, 6.45) is 3.26. The lowest BCUT2D eigenvalue weighted by molar-refractivity contribution is -0.0424. The normalized spacial score (nSPS) is 32.2. The SMILES string of the molecule is CC(C)(C)OC(=O)N1CC2CCCC(C1)C21NC(c2ccccc2)C(c2ccccc2)N1. The summed E-state index contributed by atoms with van der Waals surface area (Å²) in [5, 5.41) is 8.18. The van der Waals surface area contributed by atoms with Crippen LogP contribution in [0.4, 0.5) is 4.79 Å². The Bertz CT molecular complexity index is 877. The average molecular weight is 434 g/mol. The summed E-state index contributed by atoms with van der Waals surface area (Å²) in [4.78, 5) is 14.8. The van der Waals surface area contributed by atoms with Gasteiger partial charge in [0.25, 0.3) is 0 Å². The quantitative estimate of drug-likeness (QED) is 0.698. The predicted octanol–water partition coefficient (Wildman–Crippen LogP) is 5.03. The standard InChI is InChI=1S/C27H35N3O2/c1-26(2,3)32-25(31)30-17-21-15-10-16-22(18-30)27(21)28-23(19-11-6-4-7-12-19)24(29-27)20-13-8-5-9-14-20/h4-9,11-14,21-24,28-29H,10,15-18H2,1-3H3. The van der Waals surface area contributed by atoms with E-state index in [9.17, 15) is 4.79 Å². The van der Waals surface area contributed by atoms with Crippen LogP contribution in [0, 0.1) is 11.8 Å². The Morgan fingerprint density at radius 3 is 1.78 bits per heavy atom. The third kappa shape index (κ3) is 3.93. The van der Waals surface area contributed by atoms with E-state index >= 15 is 0 Å². The van der Waals surface area contributed by atoms with E-state index in [2.05, 4.69) is 71.3 Å². The molecule has 3 aliphatic rings. The molecule has 0 aromatic heterocycles. The number of rotatable bonds is 2. The zero-order valence-electron chi connectivity index (χ0n) is 19.4. The molecule has 0 radical (unpaired) electrons. The third-order valence-electron chi connectivity index (χ3n) is 7.37. The summed E-state index contributed by atoms with van der Waals surface area (Å²) in [6.45, 7) is 7.27. The maximum Gasteiger partial charge on any atom is 0.410 e. The van der Waals surface area contributed by atoms with Crippen LogP contribution in [0.15, 0.2) is 60.7 Å². The second-order valence-electron chi connectivity index (χ2n) is 10.6. The van der Waals surface area contributed by atoms with E-state index in [-0.39, 0.29) is 23.8 Å². The monoisotopic (exact) mass is 433 g/mol. The topological polar surface area (TPSA) is 53.6 Å². The lowest BCUT2D eigenvalue weighted by atomic mass is 9.68. The van der Waals surface area contributed by atoms with E-state index in [1.165, 1.54) is 17.5 Å². The van der Waals surface area contributed by atoms with Crippen molar-refractivity contribution >= 4 is 6.09 Å². The number of hydrogen-bond acceptors (Lipinski definition) is 4. The van der Waals surface area contributed by atoms with Crippen LogP contribution in [-0.2, 0) is 4.74 Å². The first-order valence-electron chi connectivity index (χ1n) is 12.0. The molecule has 32 heavy (non-hydrogen) atoms. The molecular weight excluding hydrogens is 398 g/mol. The number of nitrogens with one attached hydrogen (secondary N) is 2. The fourth-order valence-corrected chi connectivity index (χ4v) is 6.02. The van der Waals surface area contributed by atoms with Gasteiger partial charge in [0.1, 0.15) is 5.60 Å². The van der Waals surface area contributed by atoms with E-state index in [1.807, 2.05) is 25.7 Å². The maximum absolute atomic E-state index is 12.9. The molecule has 2 N–H and O–H groups in total. The number of hydrogen-bond donors (Lipinski definition) is 2. The van der Waals surface area contributed by atoms with Crippen molar-refractivity contribution in [2.45, 2.75) is 63.4 Å². The Balaban J connectivity index is 1.46. The van der Waals surface area contributed by atoms with Gasteiger partial charge >= 0.3 is 6.09 Å². The van der Waals surface area contributed by atoms with E-state index in [0.29, 0.717) is 11.8 Å². The lowest BCUT2D eigenvalue weighted by Gasteiger charge is -2.54. The van der Waals surface area contributed by atoms with Crippen molar-refractivity contribution < 1.29 is 9.53 Å². The van der Waals surface area contributed by atoms with Crippen molar-refractivity contribution in [1.82, 2.24) is 15.5 Å². The van der Waals surface area contributed by atoms with Crippen molar-refractivity contribution in [1.29, 1.82) is 0 Å². The van der Waals surface area contributed by atoms with Crippen LogP contribution >= 0.6 is 0 Å². The van der Waals surface area contributed by atoms with Gasteiger partial charge in [-0.05, 0) is 44.7 Å². The van der Waals surface area contributed by atoms with Gasteiger partial charge in [0.15, 0.2) is 0 Å². The van der Waals surface area contributed by atoms with Crippen LogP contribution in [0.3, 0.4) is 0 Å². The molecule has 1 saturated carbocycles. The molecule has 2 bridgehead atoms. The molecule has 2 heterocycles. The number of carbonyl (C=O) groups is 1. The number of ether oxygens (including phenoxy) is 1. The van der Waals surface area contributed by atoms with Crippen molar-refractivity contribution in [3.63, 3.8) is 0 Å². The van der Waals surface area contributed by atoms with E-state index in [1.54, 1.807) is 0 Å². The Morgan fingerprint density at radius 1 is 0.875 bits per heavy atom. The summed E-state index contributed by atoms with van der Waals surface area (Å²) in [5.41, 5.74) is 1.97. The maximum atomic E-state index is 12.9. The van der Waals surface area contributed by atoms with Gasteiger partial charge in [-0.2, -0.15) is 0 Å². The van der Waals surface area contributed by atoms with Crippen LogP contribution in [0.5, 0.6) is 0 Å². The number of amides is 1. The molecule has 4 unspecified atom stereocenters. The van der Waals surface area contributed by atoms with Crippen LogP contribution in [-0.4, -0.2) is 35.3 Å². The van der Waals surface area contributed by atoms with Gasteiger partial charge in [-0.3, -0.25) is 10.6 Å². The number of piperidine rings is 1. The van der Waals surface area contributed by atoms with Gasteiger partial charge in [0, 0.05) is 24.9 Å². The van der Waals surface area contributed by atoms with Gasteiger partial charge < -0.3 is 9.64 Å². The molecule has 1 spiro atoms. The molecule has 2 aromatic rings. The van der Waals surface area contributed by atoms with Crippen molar-refractivity contribution in [3.05, 3.63) is 71.8 Å². The van der Waals surface area contributed by atoms with E-state index in [4.69, 9.17) is 4.74 Å². The second-order valence-corrected chi connectivity index (χ2v) is 10.6. The molecule has 170 valence electrons. The lowest BCUT2D eigenvalue weighted by Crippen LogP contribution is -2.70. The highest BCUT2D eigenvalue weighted by Gasteiger charge is 2.58. The Labute approximate surface area is 191 Å². The highest BCUT2D eigenvalue weighted by molar-refractivity contribution is 5.68. The summed E-state index contributed by atoms with van der Waals surface area (Å²) in [6, 6.07) is 21.9. The zero-order chi connectivity index (χ0) is 22.3. The number of likely N-dealkylation sites (tertiary alicyclic amines) is 1. The fraction of sp³-hybridized carbons (Fsp3) is 0.519. The molecule has 2 saturated heterocycles. The Morgan fingerprint density at radius 2 is 1.34 bits per heavy atom. The molecule has 1 amide bonds. The average Bonchev–Trinajstić information content (AvgIpc) is 3.14. The van der Waals surface area contributed by atoms with Crippen molar-refractivity contribution in [3.8, 4) is 0 Å². The molecule has 5 rings (SSSR count). The van der Waals surface area contributed by atoms with Crippen LogP contribution < -0.4 is 10.6 Å². The van der Waals surface area contributed by atoms with E-state index in [0.717, 1.165) is 25.9 Å². The third-order valence-corrected chi connectivity index (χ3v) is 7.37. The van der Waals surface area contributed by atoms with Crippen LogP contribution in [0.1, 0.15) is 63.2 Å². The van der Waals surface area contributed by atoms with Gasteiger partial charge in [-0.15, -0.1) is 0 Å². The molecule has 4 atom stereocenters. The molecule has 2 aromatic carbocycles. The van der Waals surface area contributed by atoms with Gasteiger partial charge in [0.2, 0.25) is 0 Å². The number of benzene rings is 2. The first-order chi connectivity index (χ1) is 15.4. The van der Waals surface area contributed by atoms with Crippen molar-refractivity contribution in [2.75, 3.05) is 13.1 Å². The number of nitrogens with zero attached hydrogens (tertiary/aromatic N) is 1. The number of carbonyl (C=O) groups excluding carboxylic acids is 1. The highest BCUT2D eigenvalue weighted by Crippen LogP contribution is 2.49. The predicted molar refractivity (Wildman–Crippen MR) is 126 cm³/mol. The minimum absolute atomic E-state index is 0.169. The summed E-state index contributed by atoms with van der Waals surface area (Å²) >= 11 is 0. The Kier molecular flexibility index (Phi) is 5.50. The first kappa shape index (κ1) is 21.5.